The molecular weight excluding hydrogens is 270 g/mol. The van der Waals surface area contributed by atoms with Crippen molar-refractivity contribution in [2.75, 3.05) is 13.1 Å². The summed E-state index contributed by atoms with van der Waals surface area (Å²) >= 11 is 6.09. The van der Waals surface area contributed by atoms with Gasteiger partial charge in [0.05, 0.1) is 27.1 Å². The van der Waals surface area contributed by atoms with Crippen LogP contribution in [-0.2, 0) is 10.8 Å². The zero-order chi connectivity index (χ0) is 12.5. The van der Waals surface area contributed by atoms with Crippen LogP contribution >= 0.6 is 11.6 Å². The first-order valence-electron chi connectivity index (χ1n) is 5.79. The molecule has 94 valence electrons. The first kappa shape index (κ1) is 12.0. The third kappa shape index (κ3) is 2.13. The largest absolute Gasteiger partial charge is 0.315 e. The molecular formula is C12H12ClN3OS. The Kier molecular flexibility index (Phi) is 3.28. The molecule has 3 rings (SSSR count). The summed E-state index contributed by atoms with van der Waals surface area (Å²) < 4.78 is 12.4. The van der Waals surface area contributed by atoms with E-state index >= 15 is 0 Å². The summed E-state index contributed by atoms with van der Waals surface area (Å²) in [6.45, 7) is 1.65. The van der Waals surface area contributed by atoms with Gasteiger partial charge in [-0.05, 0) is 25.1 Å². The molecule has 1 fully saturated rings. The molecule has 18 heavy (non-hydrogen) atoms. The SMILES string of the molecule is O=[S@](c1nc2ccccc2nc1Cl)[C@H]1CCNC1. The van der Waals surface area contributed by atoms with Gasteiger partial charge in [0, 0.05) is 6.54 Å². The highest BCUT2D eigenvalue weighted by molar-refractivity contribution is 7.85. The fourth-order valence-electron chi connectivity index (χ4n) is 2.06. The predicted molar refractivity (Wildman–Crippen MR) is 72.2 cm³/mol. The molecule has 0 spiro atoms. The summed E-state index contributed by atoms with van der Waals surface area (Å²) in [7, 11) is -1.19. The normalized spacial score (nSPS) is 21.3. The topological polar surface area (TPSA) is 54.9 Å². The fourth-order valence-corrected chi connectivity index (χ4v) is 3.74. The standard InChI is InChI=1S/C12H12ClN3OS/c13-11-12(18(17)8-5-6-14-7-8)16-10-4-2-1-3-9(10)15-11/h1-4,8,14H,5-7H2/t8-,18-/m0/s1. The molecule has 0 aliphatic carbocycles. The zero-order valence-electron chi connectivity index (χ0n) is 9.60. The number of benzene rings is 1. The molecule has 0 amide bonds. The van der Waals surface area contributed by atoms with Crippen LogP contribution in [-0.4, -0.2) is 32.5 Å². The summed E-state index contributed by atoms with van der Waals surface area (Å²) in [5.74, 6) is 0. The fraction of sp³-hybridized carbons (Fsp3) is 0.333. The second-order valence-corrected chi connectivity index (χ2v) is 6.23. The van der Waals surface area contributed by atoms with Gasteiger partial charge in [0.15, 0.2) is 10.2 Å². The molecule has 0 saturated carbocycles. The van der Waals surface area contributed by atoms with Crippen molar-refractivity contribution < 1.29 is 4.21 Å². The second-order valence-electron chi connectivity index (χ2n) is 4.22. The summed E-state index contributed by atoms with van der Waals surface area (Å²) in [6.07, 6.45) is 0.886. The number of hydrogen-bond acceptors (Lipinski definition) is 4. The average Bonchev–Trinajstić information content (AvgIpc) is 2.91. The van der Waals surface area contributed by atoms with Gasteiger partial charge in [-0.25, -0.2) is 9.97 Å². The van der Waals surface area contributed by atoms with Crippen molar-refractivity contribution in [2.45, 2.75) is 16.7 Å². The molecule has 2 atom stereocenters. The van der Waals surface area contributed by atoms with Gasteiger partial charge in [-0.3, -0.25) is 4.21 Å². The predicted octanol–water partition coefficient (Wildman–Crippen LogP) is 1.75. The van der Waals surface area contributed by atoms with Gasteiger partial charge in [-0.1, -0.05) is 23.7 Å². The summed E-state index contributed by atoms with van der Waals surface area (Å²) in [5.41, 5.74) is 1.46. The summed E-state index contributed by atoms with van der Waals surface area (Å²) in [4.78, 5) is 8.65. The first-order valence-corrected chi connectivity index (χ1v) is 7.38. The highest BCUT2D eigenvalue weighted by atomic mass is 35.5. The van der Waals surface area contributed by atoms with E-state index in [9.17, 15) is 4.21 Å². The number of halogens is 1. The lowest BCUT2D eigenvalue weighted by atomic mass is 10.3. The number of fused-ring (bicyclic) bond motifs is 1. The Bertz CT molecular complexity index is 613. The molecule has 1 aromatic carbocycles. The van der Waals surface area contributed by atoms with Crippen molar-refractivity contribution in [1.82, 2.24) is 15.3 Å². The number of para-hydroxylation sites is 2. The van der Waals surface area contributed by atoms with E-state index < -0.39 is 10.8 Å². The van der Waals surface area contributed by atoms with Crippen molar-refractivity contribution in [3.05, 3.63) is 29.4 Å². The lowest BCUT2D eigenvalue weighted by Crippen LogP contribution is -2.20. The van der Waals surface area contributed by atoms with E-state index in [-0.39, 0.29) is 10.4 Å². The Morgan fingerprint density at radius 2 is 2.00 bits per heavy atom. The Morgan fingerprint density at radius 3 is 2.67 bits per heavy atom. The van der Waals surface area contributed by atoms with Gasteiger partial charge < -0.3 is 5.32 Å². The van der Waals surface area contributed by atoms with Crippen LogP contribution in [0.1, 0.15) is 6.42 Å². The van der Waals surface area contributed by atoms with E-state index in [2.05, 4.69) is 15.3 Å². The maximum atomic E-state index is 12.4. The molecule has 1 N–H and O–H groups in total. The van der Waals surface area contributed by atoms with E-state index in [4.69, 9.17) is 11.6 Å². The molecule has 1 aliphatic heterocycles. The van der Waals surface area contributed by atoms with Crippen molar-refractivity contribution in [2.24, 2.45) is 0 Å². The van der Waals surface area contributed by atoms with Crippen LogP contribution in [0, 0.1) is 0 Å². The molecule has 1 aromatic heterocycles. The van der Waals surface area contributed by atoms with Crippen LogP contribution in [0.2, 0.25) is 5.15 Å². The van der Waals surface area contributed by atoms with E-state index in [0.717, 1.165) is 30.5 Å². The van der Waals surface area contributed by atoms with Gasteiger partial charge in [-0.15, -0.1) is 0 Å². The van der Waals surface area contributed by atoms with Crippen LogP contribution in [0.3, 0.4) is 0 Å². The molecule has 2 heterocycles. The van der Waals surface area contributed by atoms with Crippen LogP contribution in [0.15, 0.2) is 29.3 Å². The van der Waals surface area contributed by atoms with Gasteiger partial charge in [0.1, 0.15) is 0 Å². The Hall–Kier alpha value is -1.04. The lowest BCUT2D eigenvalue weighted by Gasteiger charge is -2.09. The van der Waals surface area contributed by atoms with Crippen molar-refractivity contribution in [1.29, 1.82) is 0 Å². The summed E-state index contributed by atoms with van der Waals surface area (Å²) in [6, 6.07) is 7.46. The van der Waals surface area contributed by atoms with Gasteiger partial charge in [-0.2, -0.15) is 0 Å². The van der Waals surface area contributed by atoms with E-state index in [1.54, 1.807) is 0 Å². The molecule has 0 radical (unpaired) electrons. The second kappa shape index (κ2) is 4.91. The van der Waals surface area contributed by atoms with E-state index in [1.165, 1.54) is 0 Å². The zero-order valence-corrected chi connectivity index (χ0v) is 11.2. The monoisotopic (exact) mass is 281 g/mol. The van der Waals surface area contributed by atoms with Gasteiger partial charge in [0.25, 0.3) is 0 Å². The maximum Gasteiger partial charge on any atom is 0.165 e. The number of aromatic nitrogens is 2. The van der Waals surface area contributed by atoms with Crippen molar-refractivity contribution >= 4 is 33.4 Å². The Balaban J connectivity index is 2.05. The summed E-state index contributed by atoms with van der Waals surface area (Å²) in [5, 5.41) is 3.93. The average molecular weight is 282 g/mol. The molecule has 6 heteroatoms. The number of rotatable bonds is 2. The Morgan fingerprint density at radius 1 is 1.28 bits per heavy atom. The minimum absolute atomic E-state index is 0.0814. The van der Waals surface area contributed by atoms with Gasteiger partial charge in [0.2, 0.25) is 0 Å². The minimum Gasteiger partial charge on any atom is -0.315 e. The van der Waals surface area contributed by atoms with Crippen LogP contribution < -0.4 is 5.32 Å². The van der Waals surface area contributed by atoms with Crippen LogP contribution in [0.4, 0.5) is 0 Å². The van der Waals surface area contributed by atoms with Crippen LogP contribution in [0.25, 0.3) is 11.0 Å². The number of nitrogens with zero attached hydrogens (tertiary/aromatic N) is 2. The lowest BCUT2D eigenvalue weighted by molar-refractivity contribution is 0.669. The van der Waals surface area contributed by atoms with E-state index in [1.807, 2.05) is 24.3 Å². The quantitative estimate of drug-likeness (QED) is 0.911. The molecule has 0 unspecified atom stereocenters. The van der Waals surface area contributed by atoms with Crippen LogP contribution in [0.5, 0.6) is 0 Å². The smallest absolute Gasteiger partial charge is 0.165 e. The first-order chi connectivity index (χ1) is 8.75. The highest BCUT2D eigenvalue weighted by Crippen LogP contribution is 2.23. The minimum atomic E-state index is -1.19. The number of nitrogens with one attached hydrogen (secondary N) is 1. The van der Waals surface area contributed by atoms with Crippen molar-refractivity contribution in [3.63, 3.8) is 0 Å². The highest BCUT2D eigenvalue weighted by Gasteiger charge is 2.25. The molecule has 1 saturated heterocycles. The Labute approximate surface area is 112 Å². The van der Waals surface area contributed by atoms with Gasteiger partial charge >= 0.3 is 0 Å². The number of hydrogen-bond donors (Lipinski definition) is 1. The van der Waals surface area contributed by atoms with Crippen molar-refractivity contribution in [3.8, 4) is 0 Å². The molecule has 1 aliphatic rings. The molecule has 2 aromatic rings. The van der Waals surface area contributed by atoms with E-state index in [0.29, 0.717) is 5.03 Å². The third-order valence-corrected chi connectivity index (χ3v) is 5.06. The molecule has 0 bridgehead atoms. The maximum absolute atomic E-state index is 12.4. The molecule has 4 nitrogen and oxygen atoms in total. The third-order valence-electron chi connectivity index (χ3n) is 3.01.